The predicted octanol–water partition coefficient (Wildman–Crippen LogP) is 1.86. The van der Waals surface area contributed by atoms with Crippen LogP contribution in [0.15, 0.2) is 18.2 Å². The molecule has 0 radical (unpaired) electrons. The van der Waals surface area contributed by atoms with E-state index in [4.69, 9.17) is 28.3 Å². The number of carboxylic acid groups (broad SMARTS) is 1. The van der Waals surface area contributed by atoms with E-state index in [1.54, 1.807) is 0 Å². The van der Waals surface area contributed by atoms with E-state index in [9.17, 15) is 15.0 Å². The van der Waals surface area contributed by atoms with E-state index >= 15 is 0 Å². The number of aliphatic carboxylic acids is 1. The molecule has 0 amide bonds. The van der Waals surface area contributed by atoms with Crippen LogP contribution >= 0.6 is 23.2 Å². The molecule has 3 N–H and O–H groups in total. The smallest absolute Gasteiger partial charge is 0.306 e. The van der Waals surface area contributed by atoms with Crippen LogP contribution in [0.2, 0.25) is 10.0 Å². The highest BCUT2D eigenvalue weighted by molar-refractivity contribution is 6.33. The van der Waals surface area contributed by atoms with Crippen LogP contribution in [-0.4, -0.2) is 27.4 Å². The monoisotopic (exact) mass is 264 g/mol. The molecule has 0 aliphatic carbocycles. The summed E-state index contributed by atoms with van der Waals surface area (Å²) in [5.41, 5.74) is 0.211. The van der Waals surface area contributed by atoms with E-state index in [0.29, 0.717) is 5.02 Å². The molecule has 6 heteroatoms. The summed E-state index contributed by atoms with van der Waals surface area (Å²) in [6, 6.07) is 4.39. The summed E-state index contributed by atoms with van der Waals surface area (Å²) in [5.74, 6) is -1.20. The lowest BCUT2D eigenvalue weighted by atomic mass is 10.0. The van der Waals surface area contributed by atoms with Gasteiger partial charge in [-0.3, -0.25) is 4.79 Å². The second kappa shape index (κ2) is 5.50. The molecule has 88 valence electrons. The largest absolute Gasteiger partial charge is 0.481 e. The standard InChI is InChI=1S/C10H10Cl2O4/c11-5-1-2-7(12)6(3-5)10(16)8(13)4-9(14)15/h1-3,8,10,13,16H,4H2,(H,14,15). The van der Waals surface area contributed by atoms with Crippen molar-refractivity contribution in [3.05, 3.63) is 33.8 Å². The van der Waals surface area contributed by atoms with E-state index in [2.05, 4.69) is 0 Å². The van der Waals surface area contributed by atoms with Crippen LogP contribution in [0.5, 0.6) is 0 Å². The van der Waals surface area contributed by atoms with Crippen LogP contribution < -0.4 is 0 Å². The van der Waals surface area contributed by atoms with Gasteiger partial charge in [-0.2, -0.15) is 0 Å². The quantitative estimate of drug-likeness (QED) is 0.776. The first-order valence-electron chi connectivity index (χ1n) is 4.44. The summed E-state index contributed by atoms with van der Waals surface area (Å²) >= 11 is 11.5. The van der Waals surface area contributed by atoms with Gasteiger partial charge in [0.05, 0.1) is 12.5 Å². The lowest BCUT2D eigenvalue weighted by Gasteiger charge is -2.17. The van der Waals surface area contributed by atoms with Crippen molar-refractivity contribution in [2.24, 2.45) is 0 Å². The molecule has 0 saturated heterocycles. The number of hydrogen-bond donors (Lipinski definition) is 3. The number of aliphatic hydroxyl groups is 2. The van der Waals surface area contributed by atoms with Gasteiger partial charge in [0.2, 0.25) is 0 Å². The van der Waals surface area contributed by atoms with E-state index in [-0.39, 0.29) is 10.6 Å². The highest BCUT2D eigenvalue weighted by Crippen LogP contribution is 2.29. The fourth-order valence-electron chi connectivity index (χ4n) is 1.24. The van der Waals surface area contributed by atoms with Crippen LogP contribution in [0.4, 0.5) is 0 Å². The van der Waals surface area contributed by atoms with Crippen LogP contribution in [0.25, 0.3) is 0 Å². The summed E-state index contributed by atoms with van der Waals surface area (Å²) in [5, 5.41) is 28.2. The summed E-state index contributed by atoms with van der Waals surface area (Å²) in [6.45, 7) is 0. The Morgan fingerprint density at radius 3 is 2.50 bits per heavy atom. The molecule has 0 aliphatic heterocycles. The van der Waals surface area contributed by atoms with Crippen molar-refractivity contribution < 1.29 is 20.1 Å². The van der Waals surface area contributed by atoms with Crippen molar-refractivity contribution >= 4 is 29.2 Å². The molecule has 1 aromatic rings. The molecule has 2 atom stereocenters. The first kappa shape index (κ1) is 13.3. The van der Waals surface area contributed by atoms with Gasteiger partial charge in [0, 0.05) is 15.6 Å². The number of aliphatic hydroxyl groups excluding tert-OH is 2. The highest BCUT2D eigenvalue weighted by Gasteiger charge is 2.23. The first-order chi connectivity index (χ1) is 7.41. The fraction of sp³-hybridized carbons (Fsp3) is 0.300. The number of carboxylic acids is 1. The van der Waals surface area contributed by atoms with Crippen LogP contribution in [0, 0.1) is 0 Å². The van der Waals surface area contributed by atoms with E-state index in [1.807, 2.05) is 0 Å². The second-order valence-electron chi connectivity index (χ2n) is 3.28. The number of carbonyl (C=O) groups is 1. The third-order valence-corrected chi connectivity index (χ3v) is 2.60. The summed E-state index contributed by atoms with van der Waals surface area (Å²) in [4.78, 5) is 10.4. The van der Waals surface area contributed by atoms with Crippen molar-refractivity contribution in [2.45, 2.75) is 18.6 Å². The van der Waals surface area contributed by atoms with E-state index in [0.717, 1.165) is 0 Å². The molecular weight excluding hydrogens is 255 g/mol. The Morgan fingerprint density at radius 2 is 1.94 bits per heavy atom. The maximum atomic E-state index is 10.4. The molecule has 0 spiro atoms. The molecule has 2 unspecified atom stereocenters. The van der Waals surface area contributed by atoms with Crippen molar-refractivity contribution in [1.29, 1.82) is 0 Å². The van der Waals surface area contributed by atoms with Gasteiger partial charge >= 0.3 is 5.97 Å². The average Bonchev–Trinajstić information content (AvgIpc) is 2.19. The van der Waals surface area contributed by atoms with Gasteiger partial charge in [-0.1, -0.05) is 23.2 Å². The van der Waals surface area contributed by atoms with Crippen molar-refractivity contribution in [2.75, 3.05) is 0 Å². The lowest BCUT2D eigenvalue weighted by Crippen LogP contribution is -2.22. The molecular formula is C10H10Cl2O4. The minimum atomic E-state index is -1.42. The zero-order valence-electron chi connectivity index (χ0n) is 8.10. The molecule has 1 aromatic carbocycles. The Balaban J connectivity index is 2.90. The summed E-state index contributed by atoms with van der Waals surface area (Å²) in [6.07, 6.45) is -3.36. The Hall–Kier alpha value is -0.810. The Kier molecular flexibility index (Phi) is 4.56. The Bertz CT molecular complexity index is 394. The van der Waals surface area contributed by atoms with Crippen LogP contribution in [-0.2, 0) is 4.79 Å². The van der Waals surface area contributed by atoms with Gasteiger partial charge in [-0.25, -0.2) is 0 Å². The zero-order chi connectivity index (χ0) is 12.3. The van der Waals surface area contributed by atoms with Gasteiger partial charge in [0.1, 0.15) is 6.10 Å². The van der Waals surface area contributed by atoms with Gasteiger partial charge in [0.15, 0.2) is 0 Å². The first-order valence-corrected chi connectivity index (χ1v) is 5.20. The van der Waals surface area contributed by atoms with Gasteiger partial charge < -0.3 is 15.3 Å². The number of halogens is 2. The molecule has 0 bridgehead atoms. The fourth-order valence-corrected chi connectivity index (χ4v) is 1.65. The number of rotatable bonds is 4. The lowest BCUT2D eigenvalue weighted by molar-refractivity contribution is -0.141. The highest BCUT2D eigenvalue weighted by atomic mass is 35.5. The Morgan fingerprint density at radius 1 is 1.31 bits per heavy atom. The third-order valence-electron chi connectivity index (χ3n) is 2.02. The summed E-state index contributed by atoms with van der Waals surface area (Å²) < 4.78 is 0. The van der Waals surface area contributed by atoms with Gasteiger partial charge in [0.25, 0.3) is 0 Å². The SMILES string of the molecule is O=C(O)CC(O)C(O)c1cc(Cl)ccc1Cl. The third kappa shape index (κ3) is 3.35. The van der Waals surface area contributed by atoms with Crippen LogP contribution in [0.3, 0.4) is 0 Å². The van der Waals surface area contributed by atoms with Crippen LogP contribution in [0.1, 0.15) is 18.1 Å². The predicted molar refractivity (Wildman–Crippen MR) is 59.7 cm³/mol. The minimum Gasteiger partial charge on any atom is -0.481 e. The van der Waals surface area contributed by atoms with Crippen molar-refractivity contribution in [3.63, 3.8) is 0 Å². The second-order valence-corrected chi connectivity index (χ2v) is 4.12. The minimum absolute atomic E-state index is 0.211. The molecule has 0 aromatic heterocycles. The summed E-state index contributed by atoms with van der Waals surface area (Å²) in [7, 11) is 0. The Labute approximate surface area is 102 Å². The zero-order valence-corrected chi connectivity index (χ0v) is 9.61. The van der Waals surface area contributed by atoms with E-state index < -0.39 is 24.6 Å². The molecule has 0 aliphatic rings. The van der Waals surface area contributed by atoms with Crippen molar-refractivity contribution in [3.8, 4) is 0 Å². The van der Waals surface area contributed by atoms with Crippen molar-refractivity contribution in [1.82, 2.24) is 0 Å². The topological polar surface area (TPSA) is 77.8 Å². The van der Waals surface area contributed by atoms with Gasteiger partial charge in [-0.05, 0) is 18.2 Å². The molecule has 0 heterocycles. The molecule has 1 rings (SSSR count). The molecule has 16 heavy (non-hydrogen) atoms. The molecule has 4 nitrogen and oxygen atoms in total. The van der Waals surface area contributed by atoms with E-state index in [1.165, 1.54) is 18.2 Å². The normalized spacial score (nSPS) is 14.5. The maximum Gasteiger partial charge on any atom is 0.306 e. The maximum absolute atomic E-state index is 10.4. The number of benzene rings is 1. The average molecular weight is 265 g/mol. The molecule has 0 fully saturated rings. The van der Waals surface area contributed by atoms with Gasteiger partial charge in [-0.15, -0.1) is 0 Å². The number of hydrogen-bond acceptors (Lipinski definition) is 3. The molecule has 0 saturated carbocycles.